The molecule has 1 aromatic rings. The van der Waals surface area contributed by atoms with Gasteiger partial charge in [0.25, 0.3) is 0 Å². The molecule has 3 heteroatoms. The Labute approximate surface area is 78.8 Å². The van der Waals surface area contributed by atoms with E-state index < -0.39 is 0 Å². The van der Waals surface area contributed by atoms with Gasteiger partial charge in [-0.1, -0.05) is 25.1 Å². The highest BCUT2D eigenvalue weighted by Crippen LogP contribution is 2.02. The summed E-state index contributed by atoms with van der Waals surface area (Å²) >= 11 is 4.24. The molecule has 1 atom stereocenters. The van der Waals surface area contributed by atoms with Gasteiger partial charge in [0.2, 0.25) is 0 Å². The van der Waals surface area contributed by atoms with Gasteiger partial charge < -0.3 is 5.43 Å². The SMILES string of the molecule is CC(S)CNNc1ccccc1. The number of hydrogen-bond donors (Lipinski definition) is 3. The summed E-state index contributed by atoms with van der Waals surface area (Å²) in [6, 6.07) is 10.0. The lowest BCUT2D eigenvalue weighted by molar-refractivity contribution is 0.776. The quantitative estimate of drug-likeness (QED) is 0.489. The van der Waals surface area contributed by atoms with Crippen molar-refractivity contribution in [2.75, 3.05) is 12.0 Å². The second-order valence-corrected chi connectivity index (χ2v) is 3.60. The van der Waals surface area contributed by atoms with Crippen LogP contribution in [0.1, 0.15) is 6.92 Å². The van der Waals surface area contributed by atoms with Gasteiger partial charge in [0.15, 0.2) is 0 Å². The maximum absolute atomic E-state index is 4.24. The fourth-order valence-electron chi connectivity index (χ4n) is 0.822. The van der Waals surface area contributed by atoms with Crippen LogP contribution in [-0.2, 0) is 0 Å². The van der Waals surface area contributed by atoms with Crippen molar-refractivity contribution in [1.29, 1.82) is 0 Å². The Hall–Kier alpha value is -0.670. The van der Waals surface area contributed by atoms with Crippen LogP contribution in [0.5, 0.6) is 0 Å². The first-order chi connectivity index (χ1) is 5.79. The van der Waals surface area contributed by atoms with Crippen molar-refractivity contribution in [1.82, 2.24) is 5.43 Å². The van der Waals surface area contributed by atoms with Crippen LogP contribution in [0.4, 0.5) is 5.69 Å². The zero-order valence-corrected chi connectivity index (χ0v) is 8.01. The van der Waals surface area contributed by atoms with Gasteiger partial charge in [0.1, 0.15) is 0 Å². The molecule has 0 aliphatic carbocycles. The van der Waals surface area contributed by atoms with Crippen LogP contribution >= 0.6 is 12.6 Å². The summed E-state index contributed by atoms with van der Waals surface area (Å²) in [5, 5.41) is 0.362. The second kappa shape index (κ2) is 5.06. The predicted molar refractivity (Wildman–Crippen MR) is 56.5 cm³/mol. The molecule has 0 aliphatic heterocycles. The minimum atomic E-state index is 0.362. The molecule has 12 heavy (non-hydrogen) atoms. The van der Waals surface area contributed by atoms with Crippen LogP contribution in [-0.4, -0.2) is 11.8 Å². The normalized spacial score (nSPS) is 12.5. The van der Waals surface area contributed by atoms with Crippen molar-refractivity contribution < 1.29 is 0 Å². The highest BCUT2D eigenvalue weighted by molar-refractivity contribution is 7.80. The van der Waals surface area contributed by atoms with E-state index in [1.165, 1.54) is 0 Å². The lowest BCUT2D eigenvalue weighted by Crippen LogP contribution is -2.27. The molecule has 0 aromatic heterocycles. The summed E-state index contributed by atoms with van der Waals surface area (Å²) in [6.07, 6.45) is 0. The molecule has 0 aliphatic rings. The number of nitrogens with one attached hydrogen (secondary N) is 2. The van der Waals surface area contributed by atoms with E-state index in [0.29, 0.717) is 5.25 Å². The van der Waals surface area contributed by atoms with Gasteiger partial charge in [-0.3, -0.25) is 0 Å². The predicted octanol–water partition coefficient (Wildman–Crippen LogP) is 1.92. The van der Waals surface area contributed by atoms with Crippen molar-refractivity contribution in [3.8, 4) is 0 Å². The molecule has 2 N–H and O–H groups in total. The van der Waals surface area contributed by atoms with Gasteiger partial charge in [0, 0.05) is 17.5 Å². The van der Waals surface area contributed by atoms with E-state index in [2.05, 4.69) is 23.5 Å². The number of anilines is 1. The zero-order valence-electron chi connectivity index (χ0n) is 7.12. The topological polar surface area (TPSA) is 24.1 Å². The number of hydrazine groups is 1. The fourth-order valence-corrected chi connectivity index (χ4v) is 0.914. The Morgan fingerprint density at radius 3 is 2.58 bits per heavy atom. The van der Waals surface area contributed by atoms with Gasteiger partial charge in [-0.05, 0) is 12.1 Å². The molecule has 1 unspecified atom stereocenters. The van der Waals surface area contributed by atoms with E-state index >= 15 is 0 Å². The van der Waals surface area contributed by atoms with Gasteiger partial charge in [-0.15, -0.1) is 0 Å². The van der Waals surface area contributed by atoms with Crippen LogP contribution in [0.2, 0.25) is 0 Å². The Kier molecular flexibility index (Phi) is 3.97. The summed E-state index contributed by atoms with van der Waals surface area (Å²) in [5.74, 6) is 0. The van der Waals surface area contributed by atoms with E-state index in [4.69, 9.17) is 0 Å². The molecule has 0 fully saturated rings. The largest absolute Gasteiger partial charge is 0.321 e. The molecular formula is C9H14N2S. The number of para-hydroxylation sites is 1. The monoisotopic (exact) mass is 182 g/mol. The molecule has 0 amide bonds. The maximum atomic E-state index is 4.24. The number of benzene rings is 1. The second-order valence-electron chi connectivity index (χ2n) is 2.72. The first-order valence-electron chi connectivity index (χ1n) is 4.01. The Morgan fingerprint density at radius 2 is 2.00 bits per heavy atom. The summed E-state index contributed by atoms with van der Waals surface area (Å²) in [6.45, 7) is 2.89. The minimum Gasteiger partial charge on any atom is -0.321 e. The molecule has 2 nitrogen and oxygen atoms in total. The molecular weight excluding hydrogens is 168 g/mol. The first kappa shape index (κ1) is 9.42. The van der Waals surface area contributed by atoms with Gasteiger partial charge in [-0.2, -0.15) is 12.6 Å². The molecule has 0 spiro atoms. The molecule has 0 saturated heterocycles. The lowest BCUT2D eigenvalue weighted by atomic mass is 10.3. The van der Waals surface area contributed by atoms with Gasteiger partial charge >= 0.3 is 0 Å². The Balaban J connectivity index is 2.25. The lowest BCUT2D eigenvalue weighted by Gasteiger charge is -2.09. The average Bonchev–Trinajstić information content (AvgIpc) is 2.05. The standard InChI is InChI=1S/C9H14N2S/c1-8(12)7-10-11-9-5-3-2-4-6-9/h2-6,8,10-12H,7H2,1H3. The maximum Gasteiger partial charge on any atom is 0.0487 e. The van der Waals surface area contributed by atoms with Crippen LogP contribution in [0.15, 0.2) is 30.3 Å². The number of hydrogen-bond acceptors (Lipinski definition) is 3. The van der Waals surface area contributed by atoms with Crippen molar-refractivity contribution in [2.45, 2.75) is 12.2 Å². The summed E-state index contributed by atoms with van der Waals surface area (Å²) < 4.78 is 0. The Morgan fingerprint density at radius 1 is 1.33 bits per heavy atom. The third-order valence-electron chi connectivity index (χ3n) is 1.40. The number of thiol groups is 1. The first-order valence-corrected chi connectivity index (χ1v) is 4.52. The van der Waals surface area contributed by atoms with E-state index in [1.54, 1.807) is 0 Å². The van der Waals surface area contributed by atoms with Crippen molar-refractivity contribution in [2.24, 2.45) is 0 Å². The summed E-state index contributed by atoms with van der Waals surface area (Å²) in [5.41, 5.74) is 7.23. The van der Waals surface area contributed by atoms with E-state index in [0.717, 1.165) is 12.2 Å². The van der Waals surface area contributed by atoms with Crippen molar-refractivity contribution in [3.63, 3.8) is 0 Å². The van der Waals surface area contributed by atoms with E-state index in [-0.39, 0.29) is 0 Å². The van der Waals surface area contributed by atoms with Gasteiger partial charge in [-0.25, -0.2) is 5.43 Å². The third-order valence-corrected chi connectivity index (χ3v) is 1.59. The molecule has 1 aromatic carbocycles. The van der Waals surface area contributed by atoms with Crippen LogP contribution in [0, 0.1) is 0 Å². The molecule has 0 heterocycles. The highest BCUT2D eigenvalue weighted by Gasteiger charge is 1.92. The summed E-state index contributed by atoms with van der Waals surface area (Å²) in [4.78, 5) is 0. The Bertz CT molecular complexity index is 211. The van der Waals surface area contributed by atoms with E-state index in [9.17, 15) is 0 Å². The molecule has 0 radical (unpaired) electrons. The van der Waals surface area contributed by atoms with Crippen LogP contribution in [0.3, 0.4) is 0 Å². The van der Waals surface area contributed by atoms with Crippen molar-refractivity contribution >= 4 is 18.3 Å². The van der Waals surface area contributed by atoms with Crippen molar-refractivity contribution in [3.05, 3.63) is 30.3 Å². The van der Waals surface area contributed by atoms with Gasteiger partial charge in [0.05, 0.1) is 0 Å². The molecule has 66 valence electrons. The minimum absolute atomic E-state index is 0.362. The smallest absolute Gasteiger partial charge is 0.0487 e. The molecule has 1 rings (SSSR count). The van der Waals surface area contributed by atoms with Crippen LogP contribution in [0.25, 0.3) is 0 Å². The highest BCUT2D eigenvalue weighted by atomic mass is 32.1. The molecule has 0 saturated carbocycles. The number of rotatable bonds is 4. The summed E-state index contributed by atoms with van der Waals surface area (Å²) in [7, 11) is 0. The molecule has 0 bridgehead atoms. The van der Waals surface area contributed by atoms with E-state index in [1.807, 2.05) is 37.3 Å². The zero-order chi connectivity index (χ0) is 8.81. The van der Waals surface area contributed by atoms with Crippen LogP contribution < -0.4 is 10.9 Å². The average molecular weight is 182 g/mol. The fraction of sp³-hybridized carbons (Fsp3) is 0.333. The third kappa shape index (κ3) is 3.64.